The van der Waals surface area contributed by atoms with Crippen LogP contribution >= 0.6 is 0 Å². The summed E-state index contributed by atoms with van der Waals surface area (Å²) >= 11 is 0. The average Bonchev–Trinajstić information content (AvgIpc) is 1.27. The molecule has 0 aliphatic carbocycles. The zero-order valence-electron chi connectivity index (χ0n) is 5.49. The van der Waals surface area contributed by atoms with Gasteiger partial charge in [0.1, 0.15) is 0 Å². The summed E-state index contributed by atoms with van der Waals surface area (Å²) in [7, 11) is 0. The first-order valence-corrected chi connectivity index (χ1v) is 2.37. The fourth-order valence-corrected chi connectivity index (χ4v) is 0.455. The molecule has 0 saturated carbocycles. The van der Waals surface area contributed by atoms with E-state index >= 15 is 0 Å². The first-order chi connectivity index (χ1) is 3.13. The van der Waals surface area contributed by atoms with Gasteiger partial charge in [0, 0.05) is 16.8 Å². The molecule has 0 bridgehead atoms. The van der Waals surface area contributed by atoms with Crippen LogP contribution in [0.3, 0.4) is 0 Å². The van der Waals surface area contributed by atoms with E-state index in [9.17, 15) is 0 Å². The molecule has 0 nitrogen and oxygen atoms in total. The molecule has 0 rings (SSSR count). The quantitative estimate of drug-likeness (QED) is 0.401. The minimum absolute atomic E-state index is 0. The molecule has 0 aromatic heterocycles. The molecule has 0 atom stereocenters. The predicted octanol–water partition coefficient (Wildman–Crippen LogP) is 2.33. The molecular formula is C7H11Co-. The van der Waals surface area contributed by atoms with Gasteiger partial charge in [0.25, 0.3) is 0 Å². The molecule has 1 radical (unpaired) electrons. The van der Waals surface area contributed by atoms with E-state index in [1.165, 1.54) is 5.57 Å². The third-order valence-corrected chi connectivity index (χ3v) is 0.516. The SMILES string of the molecule is [CH-]=C(C)C=C(C)C.[Co]. The number of hydrogen-bond donors (Lipinski definition) is 0. The minimum Gasteiger partial charge on any atom is -0.290 e. The second-order valence-electron chi connectivity index (χ2n) is 1.97. The van der Waals surface area contributed by atoms with Gasteiger partial charge in [0.2, 0.25) is 0 Å². The first kappa shape index (κ1) is 10.9. The van der Waals surface area contributed by atoms with Crippen molar-refractivity contribution in [2.24, 2.45) is 0 Å². The molecule has 0 amide bonds. The van der Waals surface area contributed by atoms with Crippen LogP contribution in [0.25, 0.3) is 0 Å². The van der Waals surface area contributed by atoms with Gasteiger partial charge in [-0.3, -0.25) is 6.58 Å². The van der Waals surface area contributed by atoms with Crippen LogP contribution in [-0.2, 0) is 16.8 Å². The molecule has 0 N–H and O–H groups in total. The zero-order valence-corrected chi connectivity index (χ0v) is 6.53. The van der Waals surface area contributed by atoms with Gasteiger partial charge in [0.05, 0.1) is 0 Å². The number of allylic oxidation sites excluding steroid dienone is 3. The minimum atomic E-state index is 0. The van der Waals surface area contributed by atoms with Gasteiger partial charge in [-0.15, -0.1) is 0 Å². The van der Waals surface area contributed by atoms with Crippen LogP contribution in [0.5, 0.6) is 0 Å². The summed E-state index contributed by atoms with van der Waals surface area (Å²) in [6, 6.07) is 0. The van der Waals surface area contributed by atoms with Gasteiger partial charge in [0.15, 0.2) is 0 Å². The fraction of sp³-hybridized carbons (Fsp3) is 0.429. The Labute approximate surface area is 61.9 Å². The van der Waals surface area contributed by atoms with Crippen LogP contribution < -0.4 is 0 Å². The molecule has 0 aromatic carbocycles. The van der Waals surface area contributed by atoms with Crippen LogP contribution in [0.4, 0.5) is 0 Å². The Kier molecular flexibility index (Phi) is 6.97. The van der Waals surface area contributed by atoms with Crippen LogP contribution in [0.1, 0.15) is 20.8 Å². The third-order valence-electron chi connectivity index (χ3n) is 0.516. The van der Waals surface area contributed by atoms with Gasteiger partial charge in [-0.2, -0.15) is 5.57 Å². The Morgan fingerprint density at radius 1 is 1.25 bits per heavy atom. The van der Waals surface area contributed by atoms with Gasteiger partial charge < -0.3 is 0 Å². The summed E-state index contributed by atoms with van der Waals surface area (Å²) in [6.07, 6.45) is 1.94. The van der Waals surface area contributed by atoms with Crippen molar-refractivity contribution in [2.45, 2.75) is 20.8 Å². The third kappa shape index (κ3) is 9.37. The van der Waals surface area contributed by atoms with Crippen molar-refractivity contribution < 1.29 is 16.8 Å². The fourth-order valence-electron chi connectivity index (χ4n) is 0.455. The first-order valence-electron chi connectivity index (χ1n) is 2.37. The van der Waals surface area contributed by atoms with Crippen LogP contribution in [0.2, 0.25) is 0 Å². The van der Waals surface area contributed by atoms with Crippen molar-refractivity contribution >= 4 is 0 Å². The zero-order chi connectivity index (χ0) is 5.86. The van der Waals surface area contributed by atoms with Crippen LogP contribution in [0, 0.1) is 6.58 Å². The van der Waals surface area contributed by atoms with Crippen molar-refractivity contribution in [1.82, 2.24) is 0 Å². The average molecular weight is 154 g/mol. The molecule has 0 aromatic rings. The topological polar surface area (TPSA) is 0 Å². The molecule has 0 spiro atoms. The predicted molar refractivity (Wildman–Crippen MR) is 32.9 cm³/mol. The summed E-state index contributed by atoms with van der Waals surface area (Å²) in [6.45, 7) is 11.3. The largest absolute Gasteiger partial charge is 0.290 e. The molecule has 0 heterocycles. The normalized spacial score (nSPS) is 6.88. The summed E-state index contributed by atoms with van der Waals surface area (Å²) in [4.78, 5) is 0. The maximum atomic E-state index is 5.33. The Morgan fingerprint density at radius 2 is 1.62 bits per heavy atom. The monoisotopic (exact) mass is 154 g/mol. The van der Waals surface area contributed by atoms with E-state index in [2.05, 4.69) is 0 Å². The van der Waals surface area contributed by atoms with E-state index < -0.39 is 0 Å². The second kappa shape index (κ2) is 5.13. The van der Waals surface area contributed by atoms with E-state index in [0.29, 0.717) is 0 Å². The van der Waals surface area contributed by atoms with Crippen molar-refractivity contribution in [2.75, 3.05) is 0 Å². The van der Waals surface area contributed by atoms with Gasteiger partial charge in [-0.1, -0.05) is 20.8 Å². The second-order valence-corrected chi connectivity index (χ2v) is 1.97. The maximum Gasteiger partial charge on any atom is 0 e. The van der Waals surface area contributed by atoms with E-state index in [4.69, 9.17) is 6.58 Å². The maximum absolute atomic E-state index is 5.33. The van der Waals surface area contributed by atoms with Gasteiger partial charge in [-0.05, 0) is 0 Å². The molecule has 0 unspecified atom stereocenters. The van der Waals surface area contributed by atoms with Crippen LogP contribution in [-0.4, -0.2) is 0 Å². The smallest absolute Gasteiger partial charge is 0 e. The van der Waals surface area contributed by atoms with Crippen molar-refractivity contribution in [3.8, 4) is 0 Å². The Bertz CT molecular complexity index is 97.0. The Hall–Kier alpha value is -0.0135. The van der Waals surface area contributed by atoms with E-state index in [1.807, 2.05) is 26.8 Å². The Morgan fingerprint density at radius 3 is 1.62 bits per heavy atom. The van der Waals surface area contributed by atoms with E-state index in [0.717, 1.165) is 5.57 Å². The van der Waals surface area contributed by atoms with Crippen molar-refractivity contribution in [1.29, 1.82) is 0 Å². The summed E-state index contributed by atoms with van der Waals surface area (Å²) in [5.41, 5.74) is 2.13. The standard InChI is InChI=1S/C7H11.Co/c1-6(2)5-7(3)4;/h1,5H,2-4H3;/q-1;. The summed E-state index contributed by atoms with van der Waals surface area (Å²) in [5.74, 6) is 0. The van der Waals surface area contributed by atoms with Gasteiger partial charge >= 0.3 is 0 Å². The van der Waals surface area contributed by atoms with Crippen molar-refractivity contribution in [3.63, 3.8) is 0 Å². The van der Waals surface area contributed by atoms with E-state index in [-0.39, 0.29) is 16.8 Å². The summed E-state index contributed by atoms with van der Waals surface area (Å²) < 4.78 is 0. The van der Waals surface area contributed by atoms with E-state index in [1.54, 1.807) is 0 Å². The molecule has 0 saturated heterocycles. The molecule has 0 fully saturated rings. The molecular weight excluding hydrogens is 143 g/mol. The summed E-state index contributed by atoms with van der Waals surface area (Å²) in [5, 5.41) is 0. The Balaban J connectivity index is 0. The molecule has 0 aliphatic heterocycles. The number of hydrogen-bond acceptors (Lipinski definition) is 0. The van der Waals surface area contributed by atoms with Crippen LogP contribution in [0.15, 0.2) is 17.2 Å². The molecule has 8 heavy (non-hydrogen) atoms. The molecule has 49 valence electrons. The molecule has 1 heteroatoms. The molecule has 0 aliphatic rings. The van der Waals surface area contributed by atoms with Gasteiger partial charge in [-0.25, -0.2) is 11.6 Å². The van der Waals surface area contributed by atoms with Crippen molar-refractivity contribution in [3.05, 3.63) is 23.8 Å². The number of rotatable bonds is 1.